The molecule has 10 aromatic rings. The normalized spacial score (nSPS) is 11.4. The third-order valence-corrected chi connectivity index (χ3v) is 10.1. The van der Waals surface area contributed by atoms with Crippen molar-refractivity contribution in [3.05, 3.63) is 194 Å². The van der Waals surface area contributed by atoms with Crippen molar-refractivity contribution >= 4 is 32.7 Å². The average molecular weight is 677 g/mol. The quantitative estimate of drug-likeness (QED) is 0.176. The maximum Gasteiger partial charge on any atom is 0.160 e. The van der Waals surface area contributed by atoms with E-state index >= 15 is 0 Å². The van der Waals surface area contributed by atoms with Crippen LogP contribution in [0.15, 0.2) is 199 Å². The highest BCUT2D eigenvalue weighted by molar-refractivity contribution is 6.19. The Morgan fingerprint density at radius 2 is 0.811 bits per heavy atom. The highest BCUT2D eigenvalue weighted by Gasteiger charge is 2.16. The molecule has 53 heavy (non-hydrogen) atoms. The van der Waals surface area contributed by atoms with Gasteiger partial charge in [-0.15, -0.1) is 0 Å². The summed E-state index contributed by atoms with van der Waals surface area (Å²) in [6.07, 6.45) is 0. The second-order valence-electron chi connectivity index (χ2n) is 13.4. The van der Waals surface area contributed by atoms with Gasteiger partial charge in [-0.05, 0) is 75.2 Å². The number of fused-ring (bicyclic) bond motifs is 5. The second-order valence-corrected chi connectivity index (χ2v) is 13.4. The fourth-order valence-corrected chi connectivity index (χ4v) is 7.44. The first-order valence-electron chi connectivity index (χ1n) is 17.9. The number of hydrogen-bond acceptors (Lipinski definition) is 3. The first kappa shape index (κ1) is 30.7. The molecule has 0 aliphatic rings. The number of hydrogen-bond donors (Lipinski definition) is 0. The van der Waals surface area contributed by atoms with Crippen molar-refractivity contribution < 1.29 is 4.42 Å². The molecule has 0 aliphatic carbocycles. The van der Waals surface area contributed by atoms with E-state index < -0.39 is 0 Å². The smallest absolute Gasteiger partial charge is 0.160 e. The molecule has 0 atom stereocenters. The fourth-order valence-electron chi connectivity index (χ4n) is 7.44. The molecule has 248 valence electrons. The van der Waals surface area contributed by atoms with Crippen molar-refractivity contribution in [2.45, 2.75) is 0 Å². The molecule has 8 aromatic carbocycles. The van der Waals surface area contributed by atoms with Gasteiger partial charge in [-0.2, -0.15) is 0 Å². The summed E-state index contributed by atoms with van der Waals surface area (Å²) in [5.41, 5.74) is 13.6. The van der Waals surface area contributed by atoms with E-state index in [1.54, 1.807) is 0 Å². The molecule has 0 aliphatic heterocycles. The van der Waals surface area contributed by atoms with E-state index in [4.69, 9.17) is 14.4 Å². The zero-order valence-corrected chi connectivity index (χ0v) is 28.8. The molecule has 0 amide bonds. The predicted octanol–water partition coefficient (Wildman–Crippen LogP) is 13.5. The molecule has 0 bridgehead atoms. The summed E-state index contributed by atoms with van der Waals surface area (Å²) in [7, 11) is 0. The number of nitrogens with zero attached hydrogens (tertiary/aromatic N) is 2. The molecule has 0 saturated carbocycles. The summed E-state index contributed by atoms with van der Waals surface area (Å²) in [6, 6.07) is 68.0. The van der Waals surface area contributed by atoms with Gasteiger partial charge in [0.05, 0.1) is 11.4 Å². The first-order valence-corrected chi connectivity index (χ1v) is 17.9. The lowest BCUT2D eigenvalue weighted by atomic mass is 9.94. The van der Waals surface area contributed by atoms with Crippen LogP contribution in [-0.4, -0.2) is 9.97 Å². The van der Waals surface area contributed by atoms with Crippen LogP contribution in [0.4, 0.5) is 0 Å². The molecule has 0 radical (unpaired) electrons. The molecular weight excluding hydrogens is 645 g/mol. The highest BCUT2D eigenvalue weighted by atomic mass is 16.3. The van der Waals surface area contributed by atoms with Crippen molar-refractivity contribution in [2.75, 3.05) is 0 Å². The Morgan fingerprint density at radius 3 is 1.49 bits per heavy atom. The van der Waals surface area contributed by atoms with Gasteiger partial charge in [0.25, 0.3) is 0 Å². The van der Waals surface area contributed by atoms with E-state index in [0.29, 0.717) is 5.82 Å². The molecule has 2 aromatic heterocycles. The second kappa shape index (κ2) is 12.9. The Balaban J connectivity index is 1.06. The Morgan fingerprint density at radius 1 is 0.302 bits per heavy atom. The monoisotopic (exact) mass is 676 g/mol. The summed E-state index contributed by atoms with van der Waals surface area (Å²) < 4.78 is 6.56. The molecule has 0 unspecified atom stereocenters. The predicted molar refractivity (Wildman–Crippen MR) is 219 cm³/mol. The van der Waals surface area contributed by atoms with E-state index in [2.05, 4.69) is 158 Å². The molecule has 0 N–H and O–H groups in total. The zero-order chi connectivity index (χ0) is 35.1. The number of furan rings is 1. The van der Waals surface area contributed by atoms with Crippen molar-refractivity contribution in [3.8, 4) is 67.3 Å². The minimum atomic E-state index is 0.709. The van der Waals surface area contributed by atoms with Crippen LogP contribution in [0.25, 0.3) is 100.0 Å². The van der Waals surface area contributed by atoms with Crippen molar-refractivity contribution in [1.82, 2.24) is 9.97 Å². The number of aromatic nitrogens is 2. The molecule has 0 spiro atoms. The van der Waals surface area contributed by atoms with E-state index in [0.717, 1.165) is 77.7 Å². The topological polar surface area (TPSA) is 38.9 Å². The van der Waals surface area contributed by atoms with Crippen molar-refractivity contribution in [1.29, 1.82) is 0 Å². The minimum absolute atomic E-state index is 0.709. The van der Waals surface area contributed by atoms with Crippen LogP contribution in [0, 0.1) is 0 Å². The molecule has 2 heterocycles. The van der Waals surface area contributed by atoms with E-state index in [1.165, 1.54) is 16.5 Å². The lowest BCUT2D eigenvalue weighted by Crippen LogP contribution is -1.96. The van der Waals surface area contributed by atoms with Gasteiger partial charge >= 0.3 is 0 Å². The third-order valence-electron chi connectivity index (χ3n) is 10.1. The van der Waals surface area contributed by atoms with Gasteiger partial charge in [-0.3, -0.25) is 0 Å². The van der Waals surface area contributed by atoms with Crippen LogP contribution < -0.4 is 0 Å². The summed E-state index contributed by atoms with van der Waals surface area (Å²) in [4.78, 5) is 10.1. The third kappa shape index (κ3) is 5.65. The molecule has 0 saturated heterocycles. The van der Waals surface area contributed by atoms with E-state index in [9.17, 15) is 0 Å². The fraction of sp³-hybridized carbons (Fsp3) is 0. The van der Waals surface area contributed by atoms with Crippen LogP contribution >= 0.6 is 0 Å². The van der Waals surface area contributed by atoms with Crippen LogP contribution in [-0.2, 0) is 0 Å². The van der Waals surface area contributed by atoms with Gasteiger partial charge in [-0.25, -0.2) is 9.97 Å². The van der Waals surface area contributed by atoms with E-state index in [-0.39, 0.29) is 0 Å². The number of rotatable bonds is 6. The first-order chi connectivity index (χ1) is 26.2. The van der Waals surface area contributed by atoms with Crippen molar-refractivity contribution in [2.24, 2.45) is 0 Å². The SMILES string of the molecule is c1ccc(-c2cc(-c3cccc(-c4cccc(-c5ccc6oc7c8ccccc8c(-c8ccccc8)cc7c6c5)c4)c3)nc(-c3ccccc3)n2)cc1. The summed E-state index contributed by atoms with van der Waals surface area (Å²) in [5.74, 6) is 0.709. The van der Waals surface area contributed by atoms with Crippen LogP contribution in [0.5, 0.6) is 0 Å². The highest BCUT2D eigenvalue weighted by Crippen LogP contribution is 2.41. The Bertz CT molecular complexity index is 2870. The van der Waals surface area contributed by atoms with Crippen LogP contribution in [0.1, 0.15) is 0 Å². The maximum absolute atomic E-state index is 6.56. The molecule has 10 rings (SSSR count). The van der Waals surface area contributed by atoms with Gasteiger partial charge in [0.2, 0.25) is 0 Å². The van der Waals surface area contributed by atoms with Gasteiger partial charge < -0.3 is 4.42 Å². The van der Waals surface area contributed by atoms with Crippen LogP contribution in [0.3, 0.4) is 0 Å². The average Bonchev–Trinajstić information content (AvgIpc) is 3.62. The van der Waals surface area contributed by atoms with Crippen molar-refractivity contribution in [3.63, 3.8) is 0 Å². The van der Waals surface area contributed by atoms with Gasteiger partial charge in [0.15, 0.2) is 5.82 Å². The maximum atomic E-state index is 6.56. The number of benzene rings is 8. The van der Waals surface area contributed by atoms with Gasteiger partial charge in [0, 0.05) is 32.8 Å². The Kier molecular flexibility index (Phi) is 7.47. The lowest BCUT2D eigenvalue weighted by Gasteiger charge is -2.11. The summed E-state index contributed by atoms with van der Waals surface area (Å²) >= 11 is 0. The van der Waals surface area contributed by atoms with E-state index in [1.807, 2.05) is 36.4 Å². The minimum Gasteiger partial charge on any atom is -0.455 e. The Labute approximate surface area is 307 Å². The summed E-state index contributed by atoms with van der Waals surface area (Å²) in [5, 5.41) is 4.55. The van der Waals surface area contributed by atoms with Gasteiger partial charge in [-0.1, -0.05) is 158 Å². The Hall–Kier alpha value is -7.10. The van der Waals surface area contributed by atoms with Crippen LogP contribution in [0.2, 0.25) is 0 Å². The summed E-state index contributed by atoms with van der Waals surface area (Å²) in [6.45, 7) is 0. The largest absolute Gasteiger partial charge is 0.455 e. The molecular formula is C50H32N2O. The zero-order valence-electron chi connectivity index (χ0n) is 28.8. The lowest BCUT2D eigenvalue weighted by molar-refractivity contribution is 0.673. The van der Waals surface area contributed by atoms with Gasteiger partial charge in [0.1, 0.15) is 11.2 Å². The standard InChI is InChI=1S/C50H32N2O/c1-4-14-33(15-5-1)43-31-45-44-30-39(26-27-48(44)53-49(45)42-25-11-10-24-41(42)43)37-21-12-20-36(28-37)38-22-13-23-40(29-38)47-32-46(34-16-6-2-7-17-34)51-50(52-47)35-18-8-3-9-19-35/h1-32H. The molecule has 0 fully saturated rings. The molecule has 3 heteroatoms. The molecule has 3 nitrogen and oxygen atoms in total.